The molecule has 0 aromatic heterocycles. The molecule has 2 aromatic carbocycles. The molecule has 0 unspecified atom stereocenters. The van der Waals surface area contributed by atoms with E-state index in [1.54, 1.807) is 6.07 Å². The second-order valence-corrected chi connectivity index (χ2v) is 11.3. The minimum atomic E-state index is -0.459. The van der Waals surface area contributed by atoms with E-state index in [4.69, 9.17) is 4.74 Å². The third kappa shape index (κ3) is 5.75. The van der Waals surface area contributed by atoms with E-state index < -0.39 is 6.23 Å². The van der Waals surface area contributed by atoms with E-state index in [1.165, 1.54) is 0 Å². The van der Waals surface area contributed by atoms with Crippen molar-refractivity contribution in [3.8, 4) is 0 Å². The predicted octanol–water partition coefficient (Wildman–Crippen LogP) is 6.30. The zero-order valence-electron chi connectivity index (χ0n) is 24.2. The monoisotopic (exact) mass is 507 g/mol. The SMILES string of the molecule is CC(C)N(C(=O)c1cccc([C@@H]2O[C@H](c3ccccc3)[C@H](C)N2C)c1C(=O)N(C(C)C)C(C)C)C(C)C. The van der Waals surface area contributed by atoms with Crippen LogP contribution in [0.25, 0.3) is 0 Å². The smallest absolute Gasteiger partial charge is 0.255 e. The summed E-state index contributed by atoms with van der Waals surface area (Å²) in [5.74, 6) is -0.264. The van der Waals surface area contributed by atoms with Crippen LogP contribution in [0.5, 0.6) is 0 Å². The Morgan fingerprint density at radius 3 is 1.78 bits per heavy atom. The molecule has 2 amide bonds. The highest BCUT2D eigenvalue weighted by Crippen LogP contribution is 2.43. The highest BCUT2D eigenvalue weighted by molar-refractivity contribution is 6.08. The van der Waals surface area contributed by atoms with Crippen molar-refractivity contribution in [2.24, 2.45) is 0 Å². The van der Waals surface area contributed by atoms with E-state index >= 15 is 0 Å². The van der Waals surface area contributed by atoms with Crippen LogP contribution in [0.4, 0.5) is 0 Å². The standard InChI is InChI=1S/C31H45N3O3/c1-19(2)33(20(3)4)29(35)25-17-14-18-26(27(25)30(36)34(21(5)6)22(7)8)31-32(10)23(9)28(37-31)24-15-12-11-13-16-24/h11-23,28,31H,1-10H3/t23-,28-,31-/m0/s1. The van der Waals surface area contributed by atoms with Gasteiger partial charge in [-0.3, -0.25) is 14.5 Å². The molecular formula is C31H45N3O3. The van der Waals surface area contributed by atoms with Crippen LogP contribution >= 0.6 is 0 Å². The van der Waals surface area contributed by atoms with Crippen molar-refractivity contribution >= 4 is 11.8 Å². The molecule has 202 valence electrons. The summed E-state index contributed by atoms with van der Waals surface area (Å²) in [7, 11) is 2.03. The molecule has 0 bridgehead atoms. The molecule has 1 fully saturated rings. The molecule has 0 N–H and O–H groups in total. The lowest BCUT2D eigenvalue weighted by atomic mass is 9.95. The van der Waals surface area contributed by atoms with Gasteiger partial charge in [0.05, 0.1) is 11.1 Å². The quantitative estimate of drug-likeness (QED) is 0.421. The topological polar surface area (TPSA) is 53.1 Å². The highest BCUT2D eigenvalue weighted by Gasteiger charge is 2.42. The van der Waals surface area contributed by atoms with Gasteiger partial charge < -0.3 is 14.5 Å². The van der Waals surface area contributed by atoms with Gasteiger partial charge in [-0.15, -0.1) is 0 Å². The molecule has 1 aliphatic rings. The van der Waals surface area contributed by atoms with Crippen LogP contribution in [0.15, 0.2) is 48.5 Å². The first kappa shape index (κ1) is 28.9. The van der Waals surface area contributed by atoms with Crippen LogP contribution in [0.3, 0.4) is 0 Å². The maximum atomic E-state index is 14.3. The van der Waals surface area contributed by atoms with Crippen LogP contribution in [0.1, 0.15) is 106 Å². The van der Waals surface area contributed by atoms with Gasteiger partial charge in [0.1, 0.15) is 12.3 Å². The number of amides is 2. The lowest BCUT2D eigenvalue weighted by Crippen LogP contribution is -2.46. The molecule has 0 spiro atoms. The molecule has 6 nitrogen and oxygen atoms in total. The third-order valence-electron chi connectivity index (χ3n) is 7.36. The molecule has 2 aromatic rings. The number of carbonyl (C=O) groups is 2. The number of likely N-dealkylation sites (N-methyl/N-ethyl adjacent to an activating group) is 1. The summed E-state index contributed by atoms with van der Waals surface area (Å²) in [5, 5.41) is 0. The fraction of sp³-hybridized carbons (Fsp3) is 0.548. The number of carbonyl (C=O) groups excluding carboxylic acids is 2. The number of ether oxygens (including phenoxy) is 1. The number of hydrogen-bond acceptors (Lipinski definition) is 4. The van der Waals surface area contributed by atoms with Crippen molar-refractivity contribution in [2.75, 3.05) is 7.05 Å². The lowest BCUT2D eigenvalue weighted by molar-refractivity contribution is 0.00445. The molecule has 37 heavy (non-hydrogen) atoms. The molecule has 1 saturated heterocycles. The zero-order valence-corrected chi connectivity index (χ0v) is 24.2. The lowest BCUT2D eigenvalue weighted by Gasteiger charge is -2.35. The maximum absolute atomic E-state index is 14.3. The van der Waals surface area contributed by atoms with Gasteiger partial charge in [-0.05, 0) is 81.0 Å². The Morgan fingerprint density at radius 1 is 0.757 bits per heavy atom. The minimum Gasteiger partial charge on any atom is -0.349 e. The van der Waals surface area contributed by atoms with Crippen LogP contribution in [0.2, 0.25) is 0 Å². The first-order valence-corrected chi connectivity index (χ1v) is 13.6. The first-order chi connectivity index (χ1) is 17.4. The van der Waals surface area contributed by atoms with E-state index in [0.29, 0.717) is 11.1 Å². The number of rotatable bonds is 8. The molecule has 6 heteroatoms. The van der Waals surface area contributed by atoms with E-state index in [1.807, 2.05) is 103 Å². The fourth-order valence-electron chi connectivity index (χ4n) is 5.66. The van der Waals surface area contributed by atoms with Crippen molar-refractivity contribution in [1.29, 1.82) is 0 Å². The number of benzene rings is 2. The number of hydrogen-bond donors (Lipinski definition) is 0. The van der Waals surface area contributed by atoms with Gasteiger partial charge in [0.2, 0.25) is 0 Å². The third-order valence-corrected chi connectivity index (χ3v) is 7.36. The Hall–Kier alpha value is -2.70. The van der Waals surface area contributed by atoms with E-state index in [2.05, 4.69) is 24.0 Å². The van der Waals surface area contributed by atoms with Crippen molar-refractivity contribution in [3.05, 3.63) is 70.8 Å². The molecule has 0 aliphatic carbocycles. The molecule has 3 rings (SSSR count). The summed E-state index contributed by atoms with van der Waals surface area (Å²) >= 11 is 0. The van der Waals surface area contributed by atoms with Crippen LogP contribution in [-0.2, 0) is 4.74 Å². The normalized spacial score (nSPS) is 20.3. The summed E-state index contributed by atoms with van der Waals surface area (Å²) in [6.07, 6.45) is -0.604. The maximum Gasteiger partial charge on any atom is 0.255 e. The van der Waals surface area contributed by atoms with Gasteiger partial charge in [0, 0.05) is 35.8 Å². The van der Waals surface area contributed by atoms with Crippen LogP contribution in [-0.4, -0.2) is 63.8 Å². The first-order valence-electron chi connectivity index (χ1n) is 13.6. The minimum absolute atomic E-state index is 0.00158. The Morgan fingerprint density at radius 2 is 1.27 bits per heavy atom. The van der Waals surface area contributed by atoms with Gasteiger partial charge in [-0.25, -0.2) is 0 Å². The average molecular weight is 508 g/mol. The van der Waals surface area contributed by atoms with Gasteiger partial charge in [0.25, 0.3) is 11.8 Å². The van der Waals surface area contributed by atoms with Gasteiger partial charge >= 0.3 is 0 Å². The highest BCUT2D eigenvalue weighted by atomic mass is 16.5. The summed E-state index contributed by atoms with van der Waals surface area (Å²) < 4.78 is 6.67. The van der Waals surface area contributed by atoms with Crippen molar-refractivity contribution in [2.45, 2.75) is 105 Å². The van der Waals surface area contributed by atoms with Gasteiger partial charge in [0.15, 0.2) is 0 Å². The zero-order chi connectivity index (χ0) is 27.6. The second kappa shape index (κ2) is 11.8. The second-order valence-electron chi connectivity index (χ2n) is 11.3. The molecule has 3 atom stereocenters. The van der Waals surface area contributed by atoms with Crippen LogP contribution < -0.4 is 0 Å². The van der Waals surface area contributed by atoms with Crippen molar-refractivity contribution in [1.82, 2.24) is 14.7 Å². The van der Waals surface area contributed by atoms with E-state index in [-0.39, 0.29) is 48.1 Å². The van der Waals surface area contributed by atoms with Crippen LogP contribution in [0, 0.1) is 0 Å². The molecule has 0 radical (unpaired) electrons. The predicted molar refractivity (Wildman–Crippen MR) is 150 cm³/mol. The Labute approximate surface area is 223 Å². The van der Waals surface area contributed by atoms with Crippen molar-refractivity contribution in [3.63, 3.8) is 0 Å². The summed E-state index contributed by atoms with van der Waals surface area (Å²) in [4.78, 5) is 34.2. The molecule has 1 aliphatic heterocycles. The van der Waals surface area contributed by atoms with E-state index in [9.17, 15) is 9.59 Å². The Bertz CT molecular complexity index is 1060. The largest absolute Gasteiger partial charge is 0.349 e. The summed E-state index contributed by atoms with van der Waals surface area (Å²) in [5.41, 5.74) is 2.71. The Balaban J connectivity index is 2.20. The van der Waals surface area contributed by atoms with Gasteiger partial charge in [-0.1, -0.05) is 42.5 Å². The fourth-order valence-corrected chi connectivity index (χ4v) is 5.66. The molecule has 0 saturated carbocycles. The van der Waals surface area contributed by atoms with Crippen molar-refractivity contribution < 1.29 is 14.3 Å². The Kier molecular flexibility index (Phi) is 9.19. The number of nitrogens with zero attached hydrogens (tertiary/aromatic N) is 3. The summed E-state index contributed by atoms with van der Waals surface area (Å²) in [6.45, 7) is 18.3. The summed E-state index contributed by atoms with van der Waals surface area (Å²) in [6, 6.07) is 15.8. The molecule has 1 heterocycles. The van der Waals surface area contributed by atoms with E-state index in [0.717, 1.165) is 11.1 Å². The average Bonchev–Trinajstić information content (AvgIpc) is 3.12. The van der Waals surface area contributed by atoms with Gasteiger partial charge in [-0.2, -0.15) is 0 Å². The molecular weight excluding hydrogens is 462 g/mol.